The second-order valence-corrected chi connectivity index (χ2v) is 5.21. The number of fused-ring (bicyclic) bond motifs is 1. The quantitative estimate of drug-likeness (QED) is 0.725. The van der Waals surface area contributed by atoms with Crippen LogP contribution in [0.15, 0.2) is 12.1 Å². The first-order chi connectivity index (χ1) is 8.97. The molecule has 3 rings (SSSR count). The smallest absolute Gasteiger partial charge is 0.142 e. The summed E-state index contributed by atoms with van der Waals surface area (Å²) in [4.78, 5) is 8.12. The number of H-pyrrole nitrogens is 1. The number of imidazole rings is 1. The first-order valence-electron chi connectivity index (χ1n) is 6.45. The van der Waals surface area contributed by atoms with Crippen LogP contribution in [0.4, 0.5) is 0 Å². The molecule has 0 unspecified atom stereocenters. The molecule has 0 aliphatic heterocycles. The summed E-state index contributed by atoms with van der Waals surface area (Å²) in [6.45, 7) is 8.32. The van der Waals surface area contributed by atoms with Crippen molar-refractivity contribution in [2.75, 3.05) is 0 Å². The van der Waals surface area contributed by atoms with Crippen molar-refractivity contribution >= 4 is 11.0 Å². The van der Waals surface area contributed by atoms with Crippen LogP contribution >= 0.6 is 0 Å². The second-order valence-electron chi connectivity index (χ2n) is 5.21. The lowest BCUT2D eigenvalue weighted by atomic mass is 10.1. The van der Waals surface area contributed by atoms with E-state index >= 15 is 0 Å². The van der Waals surface area contributed by atoms with Crippen LogP contribution in [0.5, 0.6) is 0 Å². The Bertz CT molecular complexity index is 738. The van der Waals surface area contributed by atoms with Crippen molar-refractivity contribution in [1.82, 2.24) is 19.7 Å². The van der Waals surface area contributed by atoms with E-state index in [-0.39, 0.29) is 0 Å². The molecule has 2 aromatic heterocycles. The molecule has 98 valence electrons. The van der Waals surface area contributed by atoms with E-state index in [1.54, 1.807) is 0 Å². The normalized spacial score (nSPS) is 11.4. The van der Waals surface area contributed by atoms with E-state index in [9.17, 15) is 0 Å². The van der Waals surface area contributed by atoms with Gasteiger partial charge in [0, 0.05) is 12.7 Å². The van der Waals surface area contributed by atoms with Gasteiger partial charge in [0.15, 0.2) is 0 Å². The van der Waals surface area contributed by atoms with Crippen LogP contribution in [0.2, 0.25) is 0 Å². The standard InChI is InChI=1S/C15H18N4/c1-8-6-12-13(7-9(8)2)17-15(16-12)14-10(3)18-19(5)11(14)4/h6-7H,1-5H3,(H,16,17). The highest BCUT2D eigenvalue weighted by Gasteiger charge is 2.15. The molecule has 0 aliphatic carbocycles. The lowest BCUT2D eigenvalue weighted by molar-refractivity contribution is 0.731. The molecule has 3 aromatic rings. The molecule has 1 aromatic carbocycles. The lowest BCUT2D eigenvalue weighted by Crippen LogP contribution is -1.92. The summed E-state index contributed by atoms with van der Waals surface area (Å²) in [5, 5.41) is 4.45. The molecule has 0 radical (unpaired) electrons. The molecule has 0 aliphatic rings. The monoisotopic (exact) mass is 254 g/mol. The molecule has 0 bridgehead atoms. The van der Waals surface area contributed by atoms with Gasteiger partial charge >= 0.3 is 0 Å². The minimum absolute atomic E-state index is 0.906. The Morgan fingerprint density at radius 2 is 1.74 bits per heavy atom. The first-order valence-corrected chi connectivity index (χ1v) is 6.45. The fraction of sp³-hybridized carbons (Fsp3) is 0.333. The molecular weight excluding hydrogens is 236 g/mol. The number of aromatic amines is 1. The molecular formula is C15H18N4. The molecule has 0 amide bonds. The van der Waals surface area contributed by atoms with Gasteiger partial charge in [0.1, 0.15) is 5.82 Å². The number of aryl methyl sites for hydroxylation is 4. The van der Waals surface area contributed by atoms with Crippen molar-refractivity contribution in [3.05, 3.63) is 34.6 Å². The maximum atomic E-state index is 4.71. The summed E-state index contributed by atoms with van der Waals surface area (Å²) in [6, 6.07) is 4.29. The second kappa shape index (κ2) is 3.95. The predicted molar refractivity (Wildman–Crippen MR) is 77.2 cm³/mol. The van der Waals surface area contributed by atoms with Crippen LogP contribution in [-0.4, -0.2) is 19.7 Å². The van der Waals surface area contributed by atoms with E-state index in [0.717, 1.165) is 33.8 Å². The summed E-state index contributed by atoms with van der Waals surface area (Å²) < 4.78 is 1.90. The molecule has 0 saturated heterocycles. The van der Waals surface area contributed by atoms with Crippen LogP contribution in [0.25, 0.3) is 22.4 Å². The van der Waals surface area contributed by atoms with Crippen LogP contribution in [0.3, 0.4) is 0 Å². The first kappa shape index (κ1) is 12.0. The molecule has 0 atom stereocenters. The molecule has 0 saturated carbocycles. The molecule has 19 heavy (non-hydrogen) atoms. The predicted octanol–water partition coefficient (Wildman–Crippen LogP) is 3.20. The van der Waals surface area contributed by atoms with Gasteiger partial charge in [0.2, 0.25) is 0 Å². The summed E-state index contributed by atoms with van der Waals surface area (Å²) in [5.41, 5.74) is 7.89. The van der Waals surface area contributed by atoms with Gasteiger partial charge in [-0.1, -0.05) is 0 Å². The molecule has 0 fully saturated rings. The number of rotatable bonds is 1. The van der Waals surface area contributed by atoms with Gasteiger partial charge in [0.25, 0.3) is 0 Å². The Balaban J connectivity index is 2.26. The zero-order chi connectivity index (χ0) is 13.7. The van der Waals surface area contributed by atoms with Gasteiger partial charge in [-0.2, -0.15) is 5.10 Å². The Morgan fingerprint density at radius 1 is 1.05 bits per heavy atom. The van der Waals surface area contributed by atoms with Crippen molar-refractivity contribution in [2.45, 2.75) is 27.7 Å². The zero-order valence-corrected chi connectivity index (χ0v) is 12.0. The van der Waals surface area contributed by atoms with Gasteiger partial charge in [-0.3, -0.25) is 4.68 Å². The van der Waals surface area contributed by atoms with E-state index in [2.05, 4.69) is 43.0 Å². The van der Waals surface area contributed by atoms with Gasteiger partial charge < -0.3 is 4.98 Å². The summed E-state index contributed by atoms with van der Waals surface area (Å²) in [6.07, 6.45) is 0. The largest absolute Gasteiger partial charge is 0.338 e. The van der Waals surface area contributed by atoms with E-state index < -0.39 is 0 Å². The average Bonchev–Trinajstić information content (AvgIpc) is 2.82. The summed E-state index contributed by atoms with van der Waals surface area (Å²) in [7, 11) is 1.96. The number of benzene rings is 1. The Hall–Kier alpha value is -2.10. The average molecular weight is 254 g/mol. The van der Waals surface area contributed by atoms with Crippen molar-refractivity contribution in [2.24, 2.45) is 7.05 Å². The molecule has 0 spiro atoms. The van der Waals surface area contributed by atoms with Gasteiger partial charge in [-0.15, -0.1) is 0 Å². The van der Waals surface area contributed by atoms with E-state index in [1.807, 2.05) is 18.7 Å². The fourth-order valence-electron chi connectivity index (χ4n) is 2.50. The molecule has 4 heteroatoms. The third kappa shape index (κ3) is 1.75. The Labute approximate surface area is 112 Å². The minimum Gasteiger partial charge on any atom is -0.338 e. The number of nitrogens with one attached hydrogen (secondary N) is 1. The number of hydrogen-bond donors (Lipinski definition) is 1. The highest BCUT2D eigenvalue weighted by molar-refractivity contribution is 5.81. The number of nitrogens with zero attached hydrogens (tertiary/aromatic N) is 3. The fourth-order valence-corrected chi connectivity index (χ4v) is 2.50. The molecule has 2 heterocycles. The van der Waals surface area contributed by atoms with E-state index in [0.29, 0.717) is 0 Å². The van der Waals surface area contributed by atoms with E-state index in [4.69, 9.17) is 4.98 Å². The van der Waals surface area contributed by atoms with Crippen LogP contribution in [-0.2, 0) is 7.05 Å². The third-order valence-corrected chi connectivity index (χ3v) is 3.84. The number of aromatic nitrogens is 4. The number of hydrogen-bond acceptors (Lipinski definition) is 2. The van der Waals surface area contributed by atoms with Crippen LogP contribution < -0.4 is 0 Å². The highest BCUT2D eigenvalue weighted by atomic mass is 15.3. The highest BCUT2D eigenvalue weighted by Crippen LogP contribution is 2.27. The molecule has 4 nitrogen and oxygen atoms in total. The van der Waals surface area contributed by atoms with Crippen LogP contribution in [0, 0.1) is 27.7 Å². The SMILES string of the molecule is Cc1cc2nc(-c3c(C)nn(C)c3C)[nH]c2cc1C. The molecule has 1 N–H and O–H groups in total. The Morgan fingerprint density at radius 3 is 2.37 bits per heavy atom. The van der Waals surface area contributed by atoms with E-state index in [1.165, 1.54) is 11.1 Å². The van der Waals surface area contributed by atoms with Crippen molar-refractivity contribution in [3.8, 4) is 11.4 Å². The van der Waals surface area contributed by atoms with Gasteiger partial charge in [-0.05, 0) is 51.0 Å². The Kier molecular flexibility index (Phi) is 2.49. The van der Waals surface area contributed by atoms with Gasteiger partial charge in [0.05, 0.1) is 22.3 Å². The zero-order valence-electron chi connectivity index (χ0n) is 12.0. The van der Waals surface area contributed by atoms with Crippen molar-refractivity contribution in [3.63, 3.8) is 0 Å². The maximum absolute atomic E-state index is 4.71. The van der Waals surface area contributed by atoms with Gasteiger partial charge in [-0.25, -0.2) is 4.98 Å². The summed E-state index contributed by atoms with van der Waals surface area (Å²) >= 11 is 0. The van der Waals surface area contributed by atoms with Crippen molar-refractivity contribution < 1.29 is 0 Å². The minimum atomic E-state index is 0.906. The lowest BCUT2D eigenvalue weighted by Gasteiger charge is -1.97. The topological polar surface area (TPSA) is 46.5 Å². The van der Waals surface area contributed by atoms with Crippen molar-refractivity contribution in [1.29, 1.82) is 0 Å². The van der Waals surface area contributed by atoms with Crippen LogP contribution in [0.1, 0.15) is 22.5 Å². The maximum Gasteiger partial charge on any atom is 0.142 e. The summed E-state index contributed by atoms with van der Waals surface area (Å²) in [5.74, 6) is 0.906. The third-order valence-electron chi connectivity index (χ3n) is 3.84.